The van der Waals surface area contributed by atoms with Crippen molar-refractivity contribution in [3.63, 3.8) is 0 Å². The van der Waals surface area contributed by atoms with Gasteiger partial charge >= 0.3 is 0 Å². The van der Waals surface area contributed by atoms with Crippen molar-refractivity contribution in [2.75, 3.05) is 0 Å². The second-order valence-electron chi connectivity index (χ2n) is 0. The van der Waals surface area contributed by atoms with Crippen molar-refractivity contribution >= 4 is 0 Å². The molecule has 1 radical (unpaired) electrons. The van der Waals surface area contributed by atoms with E-state index in [0.29, 0.717) is 0 Å². The molecule has 4 N–H and O–H groups in total. The van der Waals surface area contributed by atoms with Gasteiger partial charge in [0, 0.05) is 52.7 Å². The quantitative estimate of drug-likeness (QED) is 0.448. The van der Waals surface area contributed by atoms with E-state index < -0.39 is 0 Å². The summed E-state index contributed by atoms with van der Waals surface area (Å²) in [6.45, 7) is 0. The minimum absolute atomic E-state index is 0. The van der Waals surface area contributed by atoms with Gasteiger partial charge in [0.25, 0.3) is 0 Å². The van der Waals surface area contributed by atoms with Gasteiger partial charge in [-0.05, 0) is 0 Å². The fourth-order valence-electron chi connectivity index (χ4n) is 0. The Morgan fingerprint density at radius 2 is 0.750 bits per heavy atom. The summed E-state index contributed by atoms with van der Waals surface area (Å²) in [7, 11) is 0. The topological polar surface area (TPSA) is 63.0 Å². The van der Waals surface area contributed by atoms with Crippen LogP contribution in [0, 0.1) is 35.6 Å². The largest absolute Gasteiger partial charge is 0.412 e. The van der Waals surface area contributed by atoms with E-state index in [0.717, 1.165) is 0 Å². The molecular formula is H4FeLaO2. The van der Waals surface area contributed by atoms with Crippen molar-refractivity contribution < 1.29 is 63.6 Å². The van der Waals surface area contributed by atoms with Crippen molar-refractivity contribution in [2.24, 2.45) is 0 Å². The van der Waals surface area contributed by atoms with Crippen LogP contribution in [0.5, 0.6) is 0 Å². The van der Waals surface area contributed by atoms with Gasteiger partial charge in [0.05, 0.1) is 0 Å². The second-order valence-corrected chi connectivity index (χ2v) is 0. The molecule has 0 aromatic rings. The molecule has 0 saturated carbocycles. The third kappa shape index (κ3) is 9.44. The van der Waals surface area contributed by atoms with Gasteiger partial charge in [-0.2, -0.15) is 0 Å². The summed E-state index contributed by atoms with van der Waals surface area (Å²) in [4.78, 5) is 0. The van der Waals surface area contributed by atoms with Crippen molar-refractivity contribution in [1.29, 1.82) is 0 Å². The molecule has 4 heteroatoms. The predicted molar refractivity (Wildman–Crippen MR) is 7.23 cm³/mol. The normalized spacial score (nSPS) is 0. The first-order valence-electron chi connectivity index (χ1n) is 0. The third-order valence-corrected chi connectivity index (χ3v) is 0. The van der Waals surface area contributed by atoms with Crippen molar-refractivity contribution in [3.8, 4) is 0 Å². The Morgan fingerprint density at radius 1 is 0.750 bits per heavy atom. The summed E-state index contributed by atoms with van der Waals surface area (Å²) >= 11 is 0. The van der Waals surface area contributed by atoms with E-state index in [9.17, 15) is 0 Å². The van der Waals surface area contributed by atoms with Crippen molar-refractivity contribution in [2.45, 2.75) is 0 Å². The first-order valence-corrected chi connectivity index (χ1v) is 0. The maximum absolute atomic E-state index is 0. The second kappa shape index (κ2) is 22.9. The molecule has 27 valence electrons. The van der Waals surface area contributed by atoms with E-state index in [1.807, 2.05) is 0 Å². The molecule has 2 nitrogen and oxygen atoms in total. The number of hydrogen-bond donors (Lipinski definition) is 0. The average molecular weight is 231 g/mol. The Balaban J connectivity index is 0. The standard InChI is InChI=1S/Fe.La.2H2O/h;;2*1H2. The van der Waals surface area contributed by atoms with Gasteiger partial charge in [-0.1, -0.05) is 0 Å². The van der Waals surface area contributed by atoms with E-state index in [-0.39, 0.29) is 63.6 Å². The maximum Gasteiger partial charge on any atom is 0 e. The van der Waals surface area contributed by atoms with Gasteiger partial charge in [0.2, 0.25) is 0 Å². The predicted octanol–water partition coefficient (Wildman–Crippen LogP) is -1.65. The van der Waals surface area contributed by atoms with Crippen LogP contribution in [0.3, 0.4) is 0 Å². The van der Waals surface area contributed by atoms with Gasteiger partial charge in [-0.15, -0.1) is 0 Å². The van der Waals surface area contributed by atoms with Gasteiger partial charge in [0.15, 0.2) is 0 Å². The molecule has 0 aliphatic rings. The minimum atomic E-state index is 0. The molecule has 0 aromatic carbocycles. The molecule has 0 saturated heterocycles. The molecule has 0 spiro atoms. The van der Waals surface area contributed by atoms with E-state index >= 15 is 0 Å². The van der Waals surface area contributed by atoms with Crippen LogP contribution in [-0.2, 0) is 17.1 Å². The Kier molecular flexibility index (Phi) is 260. The van der Waals surface area contributed by atoms with Gasteiger partial charge in [-0.25, -0.2) is 0 Å². The molecule has 0 rings (SSSR count). The maximum atomic E-state index is 0. The first kappa shape index (κ1) is 45.3. The number of hydrogen-bond acceptors (Lipinski definition) is 0. The number of rotatable bonds is 0. The zero-order valence-electron chi connectivity index (χ0n) is 1.93. The Morgan fingerprint density at radius 3 is 0.750 bits per heavy atom. The summed E-state index contributed by atoms with van der Waals surface area (Å²) in [6, 6.07) is 0. The smallest absolute Gasteiger partial charge is 0 e. The zero-order valence-corrected chi connectivity index (χ0v) is 6.66. The Hall–Kier alpha value is 1.63. The molecule has 0 atom stereocenters. The average Bonchev–Trinajstić information content (AvgIpc) is 0. The van der Waals surface area contributed by atoms with Gasteiger partial charge in [-0.3, -0.25) is 0 Å². The van der Waals surface area contributed by atoms with E-state index in [1.165, 1.54) is 0 Å². The summed E-state index contributed by atoms with van der Waals surface area (Å²) in [6.07, 6.45) is 0. The molecule has 0 aliphatic carbocycles. The fourth-order valence-corrected chi connectivity index (χ4v) is 0. The van der Waals surface area contributed by atoms with Gasteiger partial charge in [0.1, 0.15) is 0 Å². The third-order valence-electron chi connectivity index (χ3n) is 0. The van der Waals surface area contributed by atoms with Crippen LogP contribution in [0.2, 0.25) is 0 Å². The van der Waals surface area contributed by atoms with E-state index in [4.69, 9.17) is 0 Å². The molecule has 0 aromatic heterocycles. The minimum Gasteiger partial charge on any atom is -0.412 e. The molecule has 0 amide bonds. The zero-order chi connectivity index (χ0) is 0. The van der Waals surface area contributed by atoms with Crippen molar-refractivity contribution in [3.05, 3.63) is 0 Å². The van der Waals surface area contributed by atoms with Crippen LogP contribution >= 0.6 is 0 Å². The molecule has 0 unspecified atom stereocenters. The Bertz CT molecular complexity index is 6.00. The molecule has 0 bridgehead atoms. The molecule has 0 fully saturated rings. The first-order chi connectivity index (χ1) is 0. The van der Waals surface area contributed by atoms with Crippen LogP contribution in [-0.4, -0.2) is 11.0 Å². The molecule has 0 aliphatic heterocycles. The summed E-state index contributed by atoms with van der Waals surface area (Å²) in [5.41, 5.74) is 0. The van der Waals surface area contributed by atoms with Crippen LogP contribution < -0.4 is 0 Å². The molecular weight excluding hydrogens is 227 g/mol. The molecule has 4 heavy (non-hydrogen) atoms. The van der Waals surface area contributed by atoms with E-state index in [2.05, 4.69) is 0 Å². The Labute approximate surface area is 63.0 Å². The fraction of sp³-hybridized carbons (Fsp3) is 0. The van der Waals surface area contributed by atoms with E-state index in [1.54, 1.807) is 0 Å². The monoisotopic (exact) mass is 231 g/mol. The molecule has 0 heterocycles. The van der Waals surface area contributed by atoms with Crippen LogP contribution in [0.1, 0.15) is 0 Å². The van der Waals surface area contributed by atoms with Crippen LogP contribution in [0.25, 0.3) is 0 Å². The SMILES string of the molecule is O.O.[Fe].[La]. The van der Waals surface area contributed by atoms with Gasteiger partial charge < -0.3 is 11.0 Å². The van der Waals surface area contributed by atoms with Crippen molar-refractivity contribution in [1.82, 2.24) is 0 Å². The summed E-state index contributed by atoms with van der Waals surface area (Å²) in [5, 5.41) is 0. The summed E-state index contributed by atoms with van der Waals surface area (Å²) < 4.78 is 0. The summed E-state index contributed by atoms with van der Waals surface area (Å²) in [5.74, 6) is 0. The van der Waals surface area contributed by atoms with Crippen LogP contribution in [0.15, 0.2) is 0 Å². The van der Waals surface area contributed by atoms with Crippen LogP contribution in [0.4, 0.5) is 0 Å².